The van der Waals surface area contributed by atoms with Crippen molar-refractivity contribution >= 4 is 10.0 Å². The molecule has 0 amide bonds. The van der Waals surface area contributed by atoms with Crippen LogP contribution in [0.15, 0.2) is 47.1 Å². The molecule has 23 heavy (non-hydrogen) atoms. The number of nitrogens with one attached hydrogen (secondary N) is 1. The molecule has 8 heteroatoms. The Kier molecular flexibility index (Phi) is 5.16. The lowest BCUT2D eigenvalue weighted by Gasteiger charge is -2.13. The summed E-state index contributed by atoms with van der Waals surface area (Å²) in [5, 5.41) is 0. The van der Waals surface area contributed by atoms with Crippen molar-refractivity contribution in [3.63, 3.8) is 0 Å². The molecule has 0 spiro atoms. The van der Waals surface area contributed by atoms with Crippen LogP contribution >= 0.6 is 0 Å². The Labute approximate surface area is 132 Å². The average molecular weight is 347 g/mol. The van der Waals surface area contributed by atoms with E-state index in [0.29, 0.717) is 12.2 Å². The molecule has 0 aliphatic rings. The third-order valence-corrected chi connectivity index (χ3v) is 4.58. The van der Waals surface area contributed by atoms with Crippen molar-refractivity contribution < 1.29 is 26.0 Å². The predicted octanol–water partition coefficient (Wildman–Crippen LogP) is 3.35. The molecule has 1 aromatic carbocycles. The zero-order valence-corrected chi connectivity index (χ0v) is 13.1. The second kappa shape index (κ2) is 6.76. The fourth-order valence-corrected chi connectivity index (χ4v) is 3.54. The van der Waals surface area contributed by atoms with E-state index < -0.39 is 21.8 Å². The van der Waals surface area contributed by atoms with E-state index >= 15 is 0 Å². The molecule has 2 aromatic rings. The minimum Gasteiger partial charge on any atom is -0.469 e. The normalized spacial score (nSPS) is 13.9. The molecule has 0 saturated heterocycles. The lowest BCUT2D eigenvalue weighted by molar-refractivity contribution is -0.137. The van der Waals surface area contributed by atoms with Gasteiger partial charge in [0.15, 0.2) is 0 Å². The van der Waals surface area contributed by atoms with Crippen LogP contribution in [0.2, 0.25) is 0 Å². The molecule has 126 valence electrons. The summed E-state index contributed by atoms with van der Waals surface area (Å²) in [6.07, 6.45) is -2.55. The Morgan fingerprint density at radius 1 is 1.17 bits per heavy atom. The highest BCUT2D eigenvalue weighted by molar-refractivity contribution is 7.88. The summed E-state index contributed by atoms with van der Waals surface area (Å²) in [6, 6.07) is 7.13. The van der Waals surface area contributed by atoms with Crippen LogP contribution in [0.5, 0.6) is 0 Å². The second-order valence-corrected chi connectivity index (χ2v) is 7.01. The van der Waals surface area contributed by atoms with Crippen molar-refractivity contribution in [2.24, 2.45) is 0 Å². The molecular weight excluding hydrogens is 331 g/mol. The summed E-state index contributed by atoms with van der Waals surface area (Å²) >= 11 is 0. The molecule has 0 radical (unpaired) electrons. The molecule has 1 N–H and O–H groups in total. The van der Waals surface area contributed by atoms with Crippen LogP contribution in [0.1, 0.15) is 23.8 Å². The monoisotopic (exact) mass is 347 g/mol. The molecule has 0 bridgehead atoms. The van der Waals surface area contributed by atoms with Crippen molar-refractivity contribution in [3.05, 3.63) is 59.5 Å². The molecule has 1 heterocycles. The molecule has 0 saturated carbocycles. The smallest absolute Gasteiger partial charge is 0.416 e. The van der Waals surface area contributed by atoms with E-state index in [0.717, 1.165) is 12.1 Å². The number of benzene rings is 1. The van der Waals surface area contributed by atoms with E-state index in [4.69, 9.17) is 4.42 Å². The number of hydrogen-bond acceptors (Lipinski definition) is 3. The molecule has 2 rings (SSSR count). The Bertz CT molecular complexity index is 722. The highest BCUT2D eigenvalue weighted by atomic mass is 32.2. The van der Waals surface area contributed by atoms with Crippen LogP contribution in [0.3, 0.4) is 0 Å². The summed E-state index contributed by atoms with van der Waals surface area (Å²) < 4.78 is 69.1. The first kappa shape index (κ1) is 17.6. The Balaban J connectivity index is 1.97. The average Bonchev–Trinajstić information content (AvgIpc) is 2.89. The number of sulfonamides is 1. The molecule has 1 atom stereocenters. The van der Waals surface area contributed by atoms with Crippen LogP contribution < -0.4 is 4.72 Å². The zero-order valence-electron chi connectivity index (χ0n) is 12.3. The van der Waals surface area contributed by atoms with E-state index in [2.05, 4.69) is 4.72 Å². The zero-order chi connectivity index (χ0) is 17.1. The van der Waals surface area contributed by atoms with Crippen molar-refractivity contribution in [2.75, 3.05) is 0 Å². The van der Waals surface area contributed by atoms with E-state index in [9.17, 15) is 21.6 Å². The Morgan fingerprint density at radius 2 is 1.83 bits per heavy atom. The minimum atomic E-state index is -4.44. The number of hydrogen-bond donors (Lipinski definition) is 1. The third-order valence-electron chi connectivity index (χ3n) is 3.11. The summed E-state index contributed by atoms with van der Waals surface area (Å²) in [6.45, 7) is 1.69. The van der Waals surface area contributed by atoms with E-state index in [-0.39, 0.29) is 17.4 Å². The summed E-state index contributed by atoms with van der Waals surface area (Å²) in [7, 11) is -3.66. The standard InChI is InChI=1S/C15H16F3NO3S/c1-11(9-14-3-2-8-22-14)19-23(20,21)10-12-4-6-13(7-5-12)15(16,17)18/h2-8,11,19H,9-10H2,1H3/t11-/m0/s1. The van der Waals surface area contributed by atoms with Gasteiger partial charge in [0.2, 0.25) is 10.0 Å². The number of halogens is 3. The quantitative estimate of drug-likeness (QED) is 0.872. The largest absolute Gasteiger partial charge is 0.469 e. The third kappa shape index (κ3) is 5.40. The van der Waals surface area contributed by atoms with Gasteiger partial charge in [0.25, 0.3) is 0 Å². The van der Waals surface area contributed by atoms with Gasteiger partial charge in [0.1, 0.15) is 5.76 Å². The lowest BCUT2D eigenvalue weighted by Crippen LogP contribution is -2.34. The molecule has 1 aromatic heterocycles. The molecule has 0 aliphatic carbocycles. The maximum atomic E-state index is 12.5. The van der Waals surface area contributed by atoms with Gasteiger partial charge in [-0.15, -0.1) is 0 Å². The summed E-state index contributed by atoms with van der Waals surface area (Å²) in [4.78, 5) is 0. The van der Waals surface area contributed by atoms with Crippen LogP contribution in [0.25, 0.3) is 0 Å². The highest BCUT2D eigenvalue weighted by Crippen LogP contribution is 2.29. The first-order chi connectivity index (χ1) is 10.7. The van der Waals surface area contributed by atoms with Crippen LogP contribution in [0, 0.1) is 0 Å². The topological polar surface area (TPSA) is 59.3 Å². The van der Waals surface area contributed by atoms with Crippen molar-refractivity contribution in [2.45, 2.75) is 31.3 Å². The van der Waals surface area contributed by atoms with Crippen molar-refractivity contribution in [1.29, 1.82) is 0 Å². The maximum Gasteiger partial charge on any atom is 0.416 e. The highest BCUT2D eigenvalue weighted by Gasteiger charge is 2.30. The SMILES string of the molecule is C[C@@H](Cc1ccco1)NS(=O)(=O)Cc1ccc(C(F)(F)F)cc1. The summed E-state index contributed by atoms with van der Waals surface area (Å²) in [5.41, 5.74) is -0.520. The van der Waals surface area contributed by atoms with Gasteiger partial charge in [0.05, 0.1) is 17.6 Å². The van der Waals surface area contributed by atoms with Gasteiger partial charge < -0.3 is 4.42 Å². The number of rotatable bonds is 6. The first-order valence-electron chi connectivity index (χ1n) is 6.84. The van der Waals surface area contributed by atoms with Gasteiger partial charge in [-0.1, -0.05) is 12.1 Å². The molecule has 0 unspecified atom stereocenters. The van der Waals surface area contributed by atoms with E-state index in [1.54, 1.807) is 19.1 Å². The van der Waals surface area contributed by atoms with Crippen LogP contribution in [-0.4, -0.2) is 14.5 Å². The second-order valence-electron chi connectivity index (χ2n) is 5.26. The number of furan rings is 1. The maximum absolute atomic E-state index is 12.5. The van der Waals surface area contributed by atoms with Crippen molar-refractivity contribution in [3.8, 4) is 0 Å². The van der Waals surface area contributed by atoms with Gasteiger partial charge in [0, 0.05) is 12.5 Å². The predicted molar refractivity (Wildman–Crippen MR) is 79.1 cm³/mol. The van der Waals surface area contributed by atoms with Crippen LogP contribution in [0.4, 0.5) is 13.2 Å². The van der Waals surface area contributed by atoms with E-state index in [1.807, 2.05) is 0 Å². The van der Waals surface area contributed by atoms with Gasteiger partial charge >= 0.3 is 6.18 Å². The molecule has 0 aliphatic heterocycles. The fraction of sp³-hybridized carbons (Fsp3) is 0.333. The Hall–Kier alpha value is -1.80. The minimum absolute atomic E-state index is 0.288. The summed E-state index contributed by atoms with van der Waals surface area (Å²) in [5.74, 6) is 0.267. The number of alkyl halides is 3. The fourth-order valence-electron chi connectivity index (χ4n) is 2.13. The Morgan fingerprint density at radius 3 is 2.35 bits per heavy atom. The molecule has 0 fully saturated rings. The molecular formula is C15H16F3NO3S. The van der Waals surface area contributed by atoms with E-state index in [1.165, 1.54) is 18.4 Å². The van der Waals surface area contributed by atoms with Gasteiger partial charge in [-0.05, 0) is 36.8 Å². The van der Waals surface area contributed by atoms with Gasteiger partial charge in [-0.25, -0.2) is 13.1 Å². The first-order valence-corrected chi connectivity index (χ1v) is 8.49. The molecule has 4 nitrogen and oxygen atoms in total. The van der Waals surface area contributed by atoms with Crippen molar-refractivity contribution in [1.82, 2.24) is 4.72 Å². The van der Waals surface area contributed by atoms with Gasteiger partial charge in [-0.2, -0.15) is 13.2 Å². The lowest BCUT2D eigenvalue weighted by atomic mass is 10.1. The van der Waals surface area contributed by atoms with Gasteiger partial charge in [-0.3, -0.25) is 0 Å². The van der Waals surface area contributed by atoms with Crippen LogP contribution in [-0.2, 0) is 28.4 Å².